The van der Waals surface area contributed by atoms with Crippen LogP contribution < -0.4 is 5.32 Å². The lowest BCUT2D eigenvalue weighted by molar-refractivity contribution is -0.148. The largest absolute Gasteiger partial charge is 0.481 e. The van der Waals surface area contributed by atoms with Crippen molar-refractivity contribution in [1.82, 2.24) is 5.32 Å². The molecule has 6 aliphatic rings. The van der Waals surface area contributed by atoms with Crippen molar-refractivity contribution in [1.29, 1.82) is 0 Å². The van der Waals surface area contributed by atoms with E-state index in [-0.39, 0.29) is 35.1 Å². The molecule has 0 heterocycles. The molecule has 0 aromatic heterocycles. The highest BCUT2D eigenvalue weighted by atomic mass is 16.4. The molecule has 4 heteroatoms. The van der Waals surface area contributed by atoms with Crippen LogP contribution in [0.4, 0.5) is 0 Å². The van der Waals surface area contributed by atoms with Crippen molar-refractivity contribution >= 4 is 11.9 Å². The van der Waals surface area contributed by atoms with E-state index in [0.29, 0.717) is 0 Å². The first kappa shape index (κ1) is 15.9. The summed E-state index contributed by atoms with van der Waals surface area (Å²) in [6.07, 6.45) is 12.9. The van der Waals surface area contributed by atoms with Crippen LogP contribution in [0.3, 0.4) is 0 Å². The smallest absolute Gasteiger partial charge is 0.307 e. The minimum absolute atomic E-state index is 0.00695. The number of hydrogen-bond acceptors (Lipinski definition) is 2. The Hall–Kier alpha value is -1.32. The highest BCUT2D eigenvalue weighted by Crippen LogP contribution is 2.61. The standard InChI is InChI=1S/C21H29NO3/c1-11(21-8-12-4-13(9-21)6-14(5-12)10-21)22-19(23)17-15-2-3-16(7-15)18(17)20(24)25/h2-3,11-18H,4-10H2,1H3,(H,22,23)(H,24,25)/t11-,12?,13?,14?,15-,16+,17-,18+,21?/m1/s1. The number of carboxylic acids is 1. The fourth-order valence-corrected chi connectivity index (χ4v) is 7.69. The maximum atomic E-state index is 13.0. The highest BCUT2D eigenvalue weighted by molar-refractivity contribution is 5.87. The normalized spacial score (nSPS) is 50.2. The summed E-state index contributed by atoms with van der Waals surface area (Å²) in [4.78, 5) is 24.7. The summed E-state index contributed by atoms with van der Waals surface area (Å²) in [5.41, 5.74) is 0.274. The molecule has 5 saturated carbocycles. The number of carboxylic acid groups (broad SMARTS) is 1. The van der Waals surface area contributed by atoms with Gasteiger partial charge in [0.25, 0.3) is 0 Å². The van der Waals surface area contributed by atoms with Crippen LogP contribution >= 0.6 is 0 Å². The summed E-state index contributed by atoms with van der Waals surface area (Å²) in [5, 5.41) is 12.9. The Kier molecular flexibility index (Phi) is 3.40. The van der Waals surface area contributed by atoms with E-state index in [9.17, 15) is 14.7 Å². The van der Waals surface area contributed by atoms with Gasteiger partial charge in [-0.25, -0.2) is 0 Å². The van der Waals surface area contributed by atoms with Crippen LogP contribution in [0, 0.1) is 46.8 Å². The lowest BCUT2D eigenvalue weighted by Crippen LogP contribution is -2.57. The van der Waals surface area contributed by atoms with Gasteiger partial charge in [0.2, 0.25) is 5.91 Å². The number of carbonyl (C=O) groups excluding carboxylic acids is 1. The molecule has 0 radical (unpaired) electrons. The van der Waals surface area contributed by atoms with Crippen molar-refractivity contribution in [2.75, 3.05) is 0 Å². The Balaban J connectivity index is 1.33. The molecule has 1 amide bonds. The van der Waals surface area contributed by atoms with Crippen molar-refractivity contribution in [2.24, 2.45) is 46.8 Å². The Labute approximate surface area is 149 Å². The zero-order valence-corrected chi connectivity index (χ0v) is 15.0. The lowest BCUT2D eigenvalue weighted by atomic mass is 9.48. The molecule has 25 heavy (non-hydrogen) atoms. The molecule has 0 aromatic rings. The van der Waals surface area contributed by atoms with Crippen molar-refractivity contribution in [3.8, 4) is 0 Å². The highest BCUT2D eigenvalue weighted by Gasteiger charge is 2.55. The average Bonchev–Trinajstić information content (AvgIpc) is 3.14. The van der Waals surface area contributed by atoms with E-state index in [1.165, 1.54) is 38.5 Å². The van der Waals surface area contributed by atoms with E-state index in [1.54, 1.807) is 0 Å². The van der Waals surface area contributed by atoms with Crippen LogP contribution in [-0.4, -0.2) is 23.0 Å². The number of nitrogens with one attached hydrogen (secondary N) is 1. The number of carbonyl (C=O) groups is 2. The molecule has 5 atom stereocenters. The van der Waals surface area contributed by atoms with Gasteiger partial charge in [0.1, 0.15) is 0 Å². The number of rotatable bonds is 4. The van der Waals surface area contributed by atoms with Crippen molar-refractivity contribution in [2.45, 2.75) is 57.9 Å². The molecule has 6 rings (SSSR count). The van der Waals surface area contributed by atoms with Crippen molar-refractivity contribution in [3.05, 3.63) is 12.2 Å². The minimum atomic E-state index is -0.806. The molecule has 5 fully saturated rings. The summed E-state index contributed by atoms with van der Waals surface area (Å²) in [7, 11) is 0. The topological polar surface area (TPSA) is 66.4 Å². The molecular weight excluding hydrogens is 314 g/mol. The third kappa shape index (κ3) is 2.32. The van der Waals surface area contributed by atoms with Gasteiger partial charge in [-0.05, 0) is 86.9 Å². The van der Waals surface area contributed by atoms with Crippen LogP contribution in [0.2, 0.25) is 0 Å². The van der Waals surface area contributed by atoms with Gasteiger partial charge >= 0.3 is 5.97 Å². The number of aliphatic carboxylic acids is 1. The van der Waals surface area contributed by atoms with Crippen molar-refractivity contribution < 1.29 is 14.7 Å². The summed E-state index contributed by atoms with van der Waals surface area (Å²) in [6.45, 7) is 2.18. The molecule has 136 valence electrons. The Morgan fingerprint density at radius 3 is 2.00 bits per heavy atom. The number of allylic oxidation sites excluding steroid dienone is 2. The predicted molar refractivity (Wildman–Crippen MR) is 93.6 cm³/mol. The van der Waals surface area contributed by atoms with Gasteiger partial charge in [-0.2, -0.15) is 0 Å². The van der Waals surface area contributed by atoms with Crippen LogP contribution in [-0.2, 0) is 9.59 Å². The third-order valence-electron chi connectivity index (χ3n) is 8.41. The van der Waals surface area contributed by atoms with Crippen LogP contribution in [0.1, 0.15) is 51.9 Å². The second-order valence-corrected chi connectivity index (χ2v) is 9.85. The van der Waals surface area contributed by atoms with Crippen LogP contribution in [0.15, 0.2) is 12.2 Å². The minimum Gasteiger partial charge on any atom is -0.481 e. The summed E-state index contributed by atoms with van der Waals surface area (Å²) >= 11 is 0. The fraction of sp³-hybridized carbons (Fsp3) is 0.810. The average molecular weight is 343 g/mol. The first-order valence-corrected chi connectivity index (χ1v) is 10.2. The van der Waals surface area contributed by atoms with Gasteiger partial charge in [0.15, 0.2) is 0 Å². The Morgan fingerprint density at radius 2 is 1.48 bits per heavy atom. The molecule has 0 saturated heterocycles. The van der Waals surface area contributed by atoms with E-state index in [4.69, 9.17) is 0 Å². The van der Waals surface area contributed by atoms with E-state index in [0.717, 1.165) is 24.2 Å². The van der Waals surface area contributed by atoms with Gasteiger partial charge in [0.05, 0.1) is 11.8 Å². The molecule has 0 aromatic carbocycles. The van der Waals surface area contributed by atoms with E-state index < -0.39 is 11.9 Å². The third-order valence-corrected chi connectivity index (χ3v) is 8.41. The molecule has 4 nitrogen and oxygen atoms in total. The number of fused-ring (bicyclic) bond motifs is 2. The number of hydrogen-bond donors (Lipinski definition) is 2. The first-order chi connectivity index (χ1) is 11.9. The van der Waals surface area contributed by atoms with Gasteiger partial charge < -0.3 is 10.4 Å². The fourth-order valence-electron chi connectivity index (χ4n) is 7.69. The molecular formula is C21H29NO3. The molecule has 2 N–H and O–H groups in total. The van der Waals surface area contributed by atoms with Gasteiger partial charge in [-0.1, -0.05) is 12.2 Å². The zero-order chi connectivity index (χ0) is 17.3. The maximum absolute atomic E-state index is 13.0. The van der Waals surface area contributed by atoms with Gasteiger partial charge in [0, 0.05) is 6.04 Å². The Bertz CT molecular complexity index is 604. The summed E-state index contributed by atoms with van der Waals surface area (Å²) in [5.74, 6) is 1.05. The van der Waals surface area contributed by atoms with E-state index in [2.05, 4.69) is 18.3 Å². The van der Waals surface area contributed by atoms with E-state index >= 15 is 0 Å². The summed E-state index contributed by atoms with van der Waals surface area (Å²) in [6, 6.07) is 0.172. The monoisotopic (exact) mass is 343 g/mol. The van der Waals surface area contributed by atoms with Crippen molar-refractivity contribution in [3.63, 3.8) is 0 Å². The first-order valence-electron chi connectivity index (χ1n) is 10.2. The molecule has 0 spiro atoms. The van der Waals surface area contributed by atoms with Crippen LogP contribution in [0.25, 0.3) is 0 Å². The second kappa shape index (κ2) is 5.34. The predicted octanol–water partition coefficient (Wildman–Crippen LogP) is 3.23. The zero-order valence-electron chi connectivity index (χ0n) is 15.0. The Morgan fingerprint density at radius 1 is 0.960 bits per heavy atom. The molecule has 0 unspecified atom stereocenters. The molecule has 6 aliphatic carbocycles. The summed E-state index contributed by atoms with van der Waals surface area (Å²) < 4.78 is 0. The van der Waals surface area contributed by atoms with Crippen LogP contribution in [0.5, 0.6) is 0 Å². The maximum Gasteiger partial charge on any atom is 0.307 e. The lowest BCUT2D eigenvalue weighted by Gasteiger charge is -2.59. The van der Waals surface area contributed by atoms with Gasteiger partial charge in [-0.15, -0.1) is 0 Å². The van der Waals surface area contributed by atoms with Gasteiger partial charge in [-0.3, -0.25) is 9.59 Å². The van der Waals surface area contributed by atoms with E-state index in [1.807, 2.05) is 6.08 Å². The SMILES string of the molecule is C[C@@H](NC(=O)[C@H]1[C@@H](C(=O)O)[C@H]2C=C[C@@H]1C2)C12CC3CC(CC(C3)C1)C2. The number of amides is 1. The second-order valence-electron chi connectivity index (χ2n) is 9.85. The quantitative estimate of drug-likeness (QED) is 0.770. The molecule has 6 bridgehead atoms. The molecule has 0 aliphatic heterocycles.